The lowest BCUT2D eigenvalue weighted by Gasteiger charge is -1.99. The van der Waals surface area contributed by atoms with E-state index in [9.17, 15) is 4.79 Å². The van der Waals surface area contributed by atoms with Crippen molar-refractivity contribution in [3.8, 4) is 0 Å². The van der Waals surface area contributed by atoms with E-state index in [1.165, 1.54) is 7.11 Å². The average Bonchev–Trinajstić information content (AvgIpc) is 2.11. The summed E-state index contributed by atoms with van der Waals surface area (Å²) in [4.78, 5) is 11.0. The molecular formula is C10H14NO2+. The van der Waals surface area contributed by atoms with Crippen molar-refractivity contribution in [2.24, 2.45) is 0 Å². The molecule has 0 aliphatic carbocycles. The van der Waals surface area contributed by atoms with Gasteiger partial charge >= 0.3 is 5.97 Å². The summed E-state index contributed by atoms with van der Waals surface area (Å²) < 4.78 is 6.47. The molecule has 0 fully saturated rings. The summed E-state index contributed by atoms with van der Waals surface area (Å²) in [5.41, 5.74) is 2.19. The van der Waals surface area contributed by atoms with E-state index in [-0.39, 0.29) is 12.5 Å². The summed E-state index contributed by atoms with van der Waals surface area (Å²) in [6.45, 7) is 4.24. The Morgan fingerprint density at radius 1 is 1.46 bits per heavy atom. The van der Waals surface area contributed by atoms with E-state index in [4.69, 9.17) is 0 Å². The molecular weight excluding hydrogens is 166 g/mol. The largest absolute Gasteiger partial charge is 0.464 e. The number of aryl methyl sites for hydroxylation is 2. The first-order valence-electron chi connectivity index (χ1n) is 4.17. The molecule has 0 aliphatic rings. The number of nitrogens with zero attached hydrogens (tertiary/aromatic N) is 1. The molecule has 13 heavy (non-hydrogen) atoms. The van der Waals surface area contributed by atoms with Gasteiger partial charge in [0.25, 0.3) is 0 Å². The first-order chi connectivity index (χ1) is 6.13. The fourth-order valence-electron chi connectivity index (χ4n) is 1.11. The van der Waals surface area contributed by atoms with Crippen LogP contribution in [-0.2, 0) is 16.1 Å². The predicted octanol–water partition coefficient (Wildman–Crippen LogP) is 0.764. The van der Waals surface area contributed by atoms with Crippen LogP contribution in [0.25, 0.3) is 0 Å². The van der Waals surface area contributed by atoms with Crippen molar-refractivity contribution in [1.29, 1.82) is 0 Å². The Kier molecular flexibility index (Phi) is 3.01. The SMILES string of the molecule is COC(=O)C[n+]1cc(C)ccc1C. The highest BCUT2D eigenvalue weighted by atomic mass is 16.5. The topological polar surface area (TPSA) is 30.2 Å². The lowest BCUT2D eigenvalue weighted by Crippen LogP contribution is -2.41. The second-order valence-corrected chi connectivity index (χ2v) is 3.05. The van der Waals surface area contributed by atoms with Crippen molar-refractivity contribution < 1.29 is 14.1 Å². The van der Waals surface area contributed by atoms with Crippen LogP contribution in [0, 0.1) is 13.8 Å². The van der Waals surface area contributed by atoms with Gasteiger partial charge in [0.05, 0.1) is 7.11 Å². The van der Waals surface area contributed by atoms with Gasteiger partial charge in [-0.2, -0.15) is 4.57 Å². The Morgan fingerprint density at radius 2 is 2.15 bits per heavy atom. The number of aromatic nitrogens is 1. The van der Waals surface area contributed by atoms with Crippen LogP contribution in [0.15, 0.2) is 18.3 Å². The van der Waals surface area contributed by atoms with Crippen LogP contribution in [0.4, 0.5) is 0 Å². The quantitative estimate of drug-likeness (QED) is 0.497. The molecule has 3 heteroatoms. The van der Waals surface area contributed by atoms with Gasteiger partial charge in [0.15, 0.2) is 11.9 Å². The maximum Gasteiger partial charge on any atom is 0.372 e. The maximum atomic E-state index is 11.0. The minimum Gasteiger partial charge on any atom is -0.464 e. The maximum absolute atomic E-state index is 11.0. The Hall–Kier alpha value is -1.38. The smallest absolute Gasteiger partial charge is 0.372 e. The number of ether oxygens (including phenoxy) is 1. The van der Waals surface area contributed by atoms with E-state index in [0.717, 1.165) is 11.3 Å². The fourth-order valence-corrected chi connectivity index (χ4v) is 1.11. The molecule has 1 aromatic heterocycles. The van der Waals surface area contributed by atoms with Crippen molar-refractivity contribution in [3.63, 3.8) is 0 Å². The van der Waals surface area contributed by atoms with E-state index in [2.05, 4.69) is 4.74 Å². The zero-order valence-electron chi connectivity index (χ0n) is 8.20. The predicted molar refractivity (Wildman–Crippen MR) is 48.1 cm³/mol. The van der Waals surface area contributed by atoms with Crippen molar-refractivity contribution in [1.82, 2.24) is 0 Å². The number of carbonyl (C=O) groups is 1. The van der Waals surface area contributed by atoms with Crippen molar-refractivity contribution in [2.45, 2.75) is 20.4 Å². The fraction of sp³-hybridized carbons (Fsp3) is 0.400. The number of pyridine rings is 1. The first kappa shape index (κ1) is 9.71. The molecule has 0 unspecified atom stereocenters. The molecule has 0 saturated heterocycles. The van der Waals surface area contributed by atoms with E-state index >= 15 is 0 Å². The number of hydrogen-bond donors (Lipinski definition) is 0. The van der Waals surface area contributed by atoms with Crippen LogP contribution in [0.2, 0.25) is 0 Å². The lowest BCUT2D eigenvalue weighted by molar-refractivity contribution is -0.692. The third-order valence-corrected chi connectivity index (χ3v) is 1.93. The van der Waals surface area contributed by atoms with Crippen LogP contribution in [0.5, 0.6) is 0 Å². The number of rotatable bonds is 2. The Morgan fingerprint density at radius 3 is 2.77 bits per heavy atom. The number of carbonyl (C=O) groups excluding carboxylic acids is 1. The minimum atomic E-state index is -0.223. The van der Waals surface area contributed by atoms with Gasteiger partial charge in [-0.05, 0) is 13.0 Å². The normalized spacial score (nSPS) is 9.77. The lowest BCUT2D eigenvalue weighted by atomic mass is 10.3. The third-order valence-electron chi connectivity index (χ3n) is 1.93. The molecule has 70 valence electrons. The third kappa shape index (κ3) is 2.54. The molecule has 0 atom stereocenters. The van der Waals surface area contributed by atoms with E-state index in [1.807, 2.05) is 36.7 Å². The zero-order chi connectivity index (χ0) is 9.84. The highest BCUT2D eigenvalue weighted by Gasteiger charge is 2.11. The van der Waals surface area contributed by atoms with E-state index in [0.29, 0.717) is 0 Å². The molecule has 0 N–H and O–H groups in total. The second-order valence-electron chi connectivity index (χ2n) is 3.05. The van der Waals surface area contributed by atoms with Gasteiger partial charge in [0, 0.05) is 18.6 Å². The van der Waals surface area contributed by atoms with Gasteiger partial charge in [-0.15, -0.1) is 0 Å². The Labute approximate surface area is 78.0 Å². The van der Waals surface area contributed by atoms with Gasteiger partial charge in [-0.1, -0.05) is 0 Å². The minimum absolute atomic E-state index is 0.223. The monoisotopic (exact) mass is 180 g/mol. The van der Waals surface area contributed by atoms with E-state index < -0.39 is 0 Å². The molecule has 0 aromatic carbocycles. The van der Waals surface area contributed by atoms with Gasteiger partial charge in [-0.25, -0.2) is 4.79 Å². The molecule has 0 amide bonds. The van der Waals surface area contributed by atoms with Gasteiger partial charge in [0.1, 0.15) is 0 Å². The number of esters is 1. The van der Waals surface area contributed by atoms with Crippen LogP contribution in [0.1, 0.15) is 11.3 Å². The highest BCUT2D eigenvalue weighted by molar-refractivity contribution is 5.67. The molecule has 0 radical (unpaired) electrons. The number of methoxy groups -OCH3 is 1. The second kappa shape index (κ2) is 4.03. The van der Waals surface area contributed by atoms with Gasteiger partial charge < -0.3 is 4.74 Å². The summed E-state index contributed by atoms with van der Waals surface area (Å²) in [5.74, 6) is -0.223. The standard InChI is InChI=1S/C10H14NO2/c1-8-4-5-9(2)11(6-8)7-10(12)13-3/h4-6H,7H2,1-3H3/q+1. The van der Waals surface area contributed by atoms with E-state index in [1.54, 1.807) is 0 Å². The zero-order valence-corrected chi connectivity index (χ0v) is 8.20. The van der Waals surface area contributed by atoms with Gasteiger partial charge in [0.2, 0.25) is 6.54 Å². The van der Waals surface area contributed by atoms with Gasteiger partial charge in [-0.3, -0.25) is 0 Å². The molecule has 0 bridgehead atoms. The molecule has 3 nitrogen and oxygen atoms in total. The first-order valence-corrected chi connectivity index (χ1v) is 4.17. The Bertz CT molecular complexity index is 321. The summed E-state index contributed by atoms with van der Waals surface area (Å²) in [7, 11) is 1.40. The van der Waals surface area contributed by atoms with Crippen LogP contribution in [-0.4, -0.2) is 13.1 Å². The highest BCUT2D eigenvalue weighted by Crippen LogP contribution is 1.94. The molecule has 1 heterocycles. The van der Waals surface area contributed by atoms with Crippen LogP contribution < -0.4 is 4.57 Å². The molecule has 0 spiro atoms. The summed E-state index contributed by atoms with van der Waals surface area (Å²) in [6, 6.07) is 4.00. The molecule has 1 aromatic rings. The summed E-state index contributed by atoms with van der Waals surface area (Å²) >= 11 is 0. The molecule has 1 rings (SSSR count). The number of hydrogen-bond acceptors (Lipinski definition) is 2. The summed E-state index contributed by atoms with van der Waals surface area (Å²) in [5, 5.41) is 0. The molecule has 0 aliphatic heterocycles. The molecule has 0 saturated carbocycles. The Balaban J connectivity index is 2.87. The van der Waals surface area contributed by atoms with Crippen molar-refractivity contribution in [3.05, 3.63) is 29.6 Å². The van der Waals surface area contributed by atoms with Crippen molar-refractivity contribution >= 4 is 5.97 Å². The van der Waals surface area contributed by atoms with Crippen LogP contribution in [0.3, 0.4) is 0 Å². The summed E-state index contributed by atoms with van der Waals surface area (Å²) in [6.07, 6.45) is 1.94. The van der Waals surface area contributed by atoms with Crippen molar-refractivity contribution in [2.75, 3.05) is 7.11 Å². The average molecular weight is 180 g/mol. The van der Waals surface area contributed by atoms with Crippen LogP contribution >= 0.6 is 0 Å².